The molecule has 0 aromatic carbocycles. The summed E-state index contributed by atoms with van der Waals surface area (Å²) in [4.78, 5) is 2.66. The lowest BCUT2D eigenvalue weighted by molar-refractivity contribution is 0.164. The van der Waals surface area contributed by atoms with Gasteiger partial charge >= 0.3 is 0 Å². The Morgan fingerprint density at radius 1 is 1.19 bits per heavy atom. The summed E-state index contributed by atoms with van der Waals surface area (Å²) in [6.07, 6.45) is 6.71. The van der Waals surface area contributed by atoms with Crippen molar-refractivity contribution < 1.29 is 0 Å². The maximum atomic E-state index is 3.65. The Morgan fingerprint density at radius 2 is 1.88 bits per heavy atom. The van der Waals surface area contributed by atoms with Crippen LogP contribution in [0.1, 0.15) is 52.9 Å². The molecule has 0 bridgehead atoms. The summed E-state index contributed by atoms with van der Waals surface area (Å²) in [5, 5.41) is 3.65. The maximum absolute atomic E-state index is 3.65. The summed E-state index contributed by atoms with van der Waals surface area (Å²) in [5.74, 6) is 1.000. The van der Waals surface area contributed by atoms with Gasteiger partial charge in [0.05, 0.1) is 0 Å². The molecule has 16 heavy (non-hydrogen) atoms. The predicted molar refractivity (Wildman–Crippen MR) is 71.8 cm³/mol. The van der Waals surface area contributed by atoms with Crippen molar-refractivity contribution in [2.75, 3.05) is 26.2 Å². The molecule has 0 aromatic rings. The fraction of sp³-hybridized carbons (Fsp3) is 1.00. The first-order chi connectivity index (χ1) is 7.80. The number of likely N-dealkylation sites (tertiary alicyclic amines) is 1. The van der Waals surface area contributed by atoms with Gasteiger partial charge in [-0.15, -0.1) is 0 Å². The lowest BCUT2D eigenvalue weighted by Gasteiger charge is -2.34. The molecule has 0 saturated carbocycles. The summed E-state index contributed by atoms with van der Waals surface area (Å²) in [6.45, 7) is 11.9. The van der Waals surface area contributed by atoms with Gasteiger partial charge in [0.15, 0.2) is 0 Å². The monoisotopic (exact) mass is 226 g/mol. The zero-order valence-electron chi connectivity index (χ0n) is 11.5. The zero-order chi connectivity index (χ0) is 11.8. The smallest absolute Gasteiger partial charge is 0.0192 e. The second kappa shape index (κ2) is 8.08. The van der Waals surface area contributed by atoms with Gasteiger partial charge in [-0.3, -0.25) is 0 Å². The first kappa shape index (κ1) is 14.0. The molecule has 0 aliphatic carbocycles. The van der Waals surface area contributed by atoms with Crippen molar-refractivity contribution in [2.45, 2.75) is 58.9 Å². The molecule has 1 rings (SSSR count). The third kappa shape index (κ3) is 4.84. The van der Waals surface area contributed by atoms with E-state index in [1.165, 1.54) is 58.3 Å². The number of hydrogen-bond acceptors (Lipinski definition) is 2. The van der Waals surface area contributed by atoms with E-state index in [-0.39, 0.29) is 0 Å². The van der Waals surface area contributed by atoms with Crippen LogP contribution < -0.4 is 5.32 Å². The van der Waals surface area contributed by atoms with Crippen LogP contribution in [0, 0.1) is 5.92 Å². The van der Waals surface area contributed by atoms with E-state index in [0.717, 1.165) is 5.92 Å². The van der Waals surface area contributed by atoms with Crippen LogP contribution in [0.2, 0.25) is 0 Å². The van der Waals surface area contributed by atoms with Crippen molar-refractivity contribution in [3.8, 4) is 0 Å². The molecule has 0 amide bonds. The summed E-state index contributed by atoms with van der Waals surface area (Å²) in [6, 6.07) is 0.707. The van der Waals surface area contributed by atoms with Gasteiger partial charge in [0, 0.05) is 12.6 Å². The SMILES string of the molecule is CCCNC(CC)CN1CCC(CC)CC1. The van der Waals surface area contributed by atoms with E-state index in [0.29, 0.717) is 6.04 Å². The molecular formula is C14H30N2. The Bertz CT molecular complexity index is 162. The number of nitrogens with one attached hydrogen (secondary N) is 1. The minimum Gasteiger partial charge on any atom is -0.313 e. The zero-order valence-corrected chi connectivity index (χ0v) is 11.5. The van der Waals surface area contributed by atoms with Crippen LogP contribution in [0.5, 0.6) is 0 Å². The third-order valence-electron chi connectivity index (χ3n) is 3.94. The van der Waals surface area contributed by atoms with Crippen molar-refractivity contribution in [3.05, 3.63) is 0 Å². The van der Waals surface area contributed by atoms with Crippen LogP contribution in [0.4, 0.5) is 0 Å². The molecule has 0 radical (unpaired) electrons. The highest BCUT2D eigenvalue weighted by Gasteiger charge is 2.19. The van der Waals surface area contributed by atoms with Gasteiger partial charge in [0.1, 0.15) is 0 Å². The Kier molecular flexibility index (Phi) is 7.06. The van der Waals surface area contributed by atoms with Crippen molar-refractivity contribution >= 4 is 0 Å². The van der Waals surface area contributed by atoms with E-state index in [4.69, 9.17) is 0 Å². The molecule has 96 valence electrons. The van der Waals surface area contributed by atoms with E-state index in [2.05, 4.69) is 31.0 Å². The lowest BCUT2D eigenvalue weighted by atomic mass is 9.94. The summed E-state index contributed by atoms with van der Waals surface area (Å²) in [5.41, 5.74) is 0. The number of rotatable bonds is 7. The van der Waals surface area contributed by atoms with Gasteiger partial charge < -0.3 is 10.2 Å². The van der Waals surface area contributed by atoms with Crippen LogP contribution >= 0.6 is 0 Å². The van der Waals surface area contributed by atoms with E-state index in [1.807, 2.05) is 0 Å². The topological polar surface area (TPSA) is 15.3 Å². The molecule has 2 heteroatoms. The van der Waals surface area contributed by atoms with Crippen LogP contribution in [0.3, 0.4) is 0 Å². The Hall–Kier alpha value is -0.0800. The van der Waals surface area contributed by atoms with Crippen molar-refractivity contribution in [1.82, 2.24) is 10.2 Å². The van der Waals surface area contributed by atoms with E-state index >= 15 is 0 Å². The van der Waals surface area contributed by atoms with Crippen LogP contribution in [0.15, 0.2) is 0 Å². The van der Waals surface area contributed by atoms with E-state index in [9.17, 15) is 0 Å². The molecule has 0 spiro atoms. The predicted octanol–water partition coefficient (Wildman–Crippen LogP) is 2.89. The molecule has 1 unspecified atom stereocenters. The highest BCUT2D eigenvalue weighted by atomic mass is 15.2. The molecule has 1 atom stereocenters. The summed E-state index contributed by atoms with van der Waals surface area (Å²) < 4.78 is 0. The normalized spacial score (nSPS) is 21.2. The van der Waals surface area contributed by atoms with Gasteiger partial charge in [-0.1, -0.05) is 27.2 Å². The minimum atomic E-state index is 0.707. The molecule has 1 aliphatic heterocycles. The molecule has 0 aromatic heterocycles. The molecule has 1 heterocycles. The molecule has 1 saturated heterocycles. The second-order valence-corrected chi connectivity index (χ2v) is 5.21. The fourth-order valence-electron chi connectivity index (χ4n) is 2.58. The lowest BCUT2D eigenvalue weighted by Crippen LogP contribution is -2.44. The average molecular weight is 226 g/mol. The quantitative estimate of drug-likeness (QED) is 0.718. The van der Waals surface area contributed by atoms with Crippen molar-refractivity contribution in [2.24, 2.45) is 5.92 Å². The van der Waals surface area contributed by atoms with Crippen LogP contribution in [-0.4, -0.2) is 37.1 Å². The highest BCUT2D eigenvalue weighted by Crippen LogP contribution is 2.20. The number of hydrogen-bond donors (Lipinski definition) is 1. The summed E-state index contributed by atoms with van der Waals surface area (Å²) in [7, 11) is 0. The van der Waals surface area contributed by atoms with Crippen molar-refractivity contribution in [3.63, 3.8) is 0 Å². The Labute approximate surface area is 102 Å². The van der Waals surface area contributed by atoms with Gasteiger partial charge in [-0.25, -0.2) is 0 Å². The first-order valence-electron chi connectivity index (χ1n) is 7.25. The van der Waals surface area contributed by atoms with E-state index < -0.39 is 0 Å². The molecule has 1 aliphatic rings. The number of piperidine rings is 1. The first-order valence-corrected chi connectivity index (χ1v) is 7.25. The van der Waals surface area contributed by atoms with Gasteiger partial charge in [0.25, 0.3) is 0 Å². The van der Waals surface area contributed by atoms with Crippen LogP contribution in [-0.2, 0) is 0 Å². The van der Waals surface area contributed by atoms with Gasteiger partial charge in [-0.2, -0.15) is 0 Å². The average Bonchev–Trinajstić information content (AvgIpc) is 2.35. The second-order valence-electron chi connectivity index (χ2n) is 5.21. The molecule has 1 N–H and O–H groups in total. The van der Waals surface area contributed by atoms with Gasteiger partial charge in [-0.05, 0) is 51.2 Å². The van der Waals surface area contributed by atoms with E-state index in [1.54, 1.807) is 0 Å². The fourth-order valence-corrected chi connectivity index (χ4v) is 2.58. The molecule has 1 fully saturated rings. The largest absolute Gasteiger partial charge is 0.313 e. The summed E-state index contributed by atoms with van der Waals surface area (Å²) >= 11 is 0. The number of nitrogens with zero attached hydrogens (tertiary/aromatic N) is 1. The standard InChI is InChI=1S/C14H30N2/c1-4-9-15-14(6-3)12-16-10-7-13(5-2)8-11-16/h13-15H,4-12H2,1-3H3. The maximum Gasteiger partial charge on any atom is 0.0192 e. The third-order valence-corrected chi connectivity index (χ3v) is 3.94. The van der Waals surface area contributed by atoms with Crippen LogP contribution in [0.25, 0.3) is 0 Å². The van der Waals surface area contributed by atoms with Crippen molar-refractivity contribution in [1.29, 1.82) is 0 Å². The molecular weight excluding hydrogens is 196 g/mol. The minimum absolute atomic E-state index is 0.707. The molecule has 2 nitrogen and oxygen atoms in total. The Morgan fingerprint density at radius 3 is 2.38 bits per heavy atom. The highest BCUT2D eigenvalue weighted by molar-refractivity contribution is 4.76. The Balaban J connectivity index is 2.20. The van der Waals surface area contributed by atoms with Gasteiger partial charge in [0.2, 0.25) is 0 Å².